The van der Waals surface area contributed by atoms with E-state index in [0.29, 0.717) is 18.7 Å². The average molecular weight is 581 g/mol. The Morgan fingerprint density at radius 1 is 1.17 bits per heavy atom. The van der Waals surface area contributed by atoms with Crippen LogP contribution in [-0.4, -0.2) is 56.9 Å². The molecule has 1 aliphatic carbocycles. The smallest absolute Gasteiger partial charge is 0.408 e. The summed E-state index contributed by atoms with van der Waals surface area (Å²) in [6.45, 7) is 13.9. The van der Waals surface area contributed by atoms with Gasteiger partial charge < -0.3 is 19.9 Å². The van der Waals surface area contributed by atoms with Crippen LogP contribution in [0, 0.1) is 23.2 Å². The van der Waals surface area contributed by atoms with E-state index in [0.717, 1.165) is 49.6 Å². The summed E-state index contributed by atoms with van der Waals surface area (Å²) < 4.78 is 5.87. The molecule has 2 amide bonds. The lowest BCUT2D eigenvalue weighted by Gasteiger charge is -2.36. The highest BCUT2D eigenvalue weighted by molar-refractivity contribution is 5.94. The van der Waals surface area contributed by atoms with E-state index in [1.165, 1.54) is 0 Å². The number of hydrogen-bond acceptors (Lipinski definition) is 6. The van der Waals surface area contributed by atoms with Crippen LogP contribution < -0.4 is 10.9 Å². The van der Waals surface area contributed by atoms with Gasteiger partial charge in [0.2, 0.25) is 5.91 Å². The third-order valence-corrected chi connectivity index (χ3v) is 9.04. The molecule has 1 saturated carbocycles. The van der Waals surface area contributed by atoms with Crippen LogP contribution >= 0.6 is 0 Å². The van der Waals surface area contributed by atoms with Crippen molar-refractivity contribution < 1.29 is 19.1 Å². The number of H-pyrrole nitrogens is 1. The first-order valence-corrected chi connectivity index (χ1v) is 15.5. The second-order valence-electron chi connectivity index (χ2n) is 14.0. The number of ketones is 1. The zero-order valence-corrected chi connectivity index (χ0v) is 26.3. The minimum absolute atomic E-state index is 0.0669. The molecule has 0 radical (unpaired) electrons. The molecule has 230 valence electrons. The quantitative estimate of drug-likeness (QED) is 0.343. The molecule has 2 aromatic rings. The lowest BCUT2D eigenvalue weighted by molar-refractivity contribution is -0.143. The number of carbonyl (C=O) groups is 3. The Morgan fingerprint density at radius 2 is 1.88 bits per heavy atom. The van der Waals surface area contributed by atoms with Gasteiger partial charge in [-0.2, -0.15) is 0 Å². The number of likely N-dealkylation sites (tertiary alicyclic amines) is 1. The molecule has 5 unspecified atom stereocenters. The van der Waals surface area contributed by atoms with Crippen LogP contribution in [0.15, 0.2) is 29.1 Å². The van der Waals surface area contributed by atoms with E-state index < -0.39 is 29.2 Å². The van der Waals surface area contributed by atoms with E-state index >= 15 is 0 Å². The Hall–Kier alpha value is -3.23. The average Bonchev–Trinajstić information content (AvgIpc) is 3.37. The number of nitrogens with zero attached hydrogens (tertiary/aromatic N) is 2. The first-order chi connectivity index (χ1) is 19.7. The van der Waals surface area contributed by atoms with Crippen molar-refractivity contribution in [1.82, 2.24) is 20.2 Å². The van der Waals surface area contributed by atoms with Crippen molar-refractivity contribution in [2.75, 3.05) is 6.54 Å². The Kier molecular flexibility index (Phi) is 9.48. The molecule has 1 aliphatic heterocycles. The summed E-state index contributed by atoms with van der Waals surface area (Å²) in [7, 11) is 0. The largest absolute Gasteiger partial charge is 0.443 e. The number of fused-ring (bicyclic) bond motifs is 1. The van der Waals surface area contributed by atoms with E-state index in [2.05, 4.69) is 15.3 Å². The number of unbranched alkanes of at least 4 members (excludes halogenated alkanes) is 2. The SMILES string of the molecule is CC(C)C(=O)C1C(C)CCN1C(=O)C(NC(=O)OC1(C)CC1CCCCCc1nc2ccccc2[nH]c1=O)C(C)(C)C. The van der Waals surface area contributed by atoms with Gasteiger partial charge in [-0.1, -0.05) is 66.5 Å². The fourth-order valence-electron chi connectivity index (χ4n) is 6.20. The highest BCUT2D eigenvalue weighted by atomic mass is 16.6. The number of alkyl carbamates (subject to hydrolysis) is 1. The van der Waals surface area contributed by atoms with Gasteiger partial charge in [0.1, 0.15) is 17.3 Å². The lowest BCUT2D eigenvalue weighted by Crippen LogP contribution is -2.57. The second-order valence-corrected chi connectivity index (χ2v) is 14.0. The van der Waals surface area contributed by atoms with Crippen molar-refractivity contribution in [3.8, 4) is 0 Å². The zero-order chi connectivity index (χ0) is 30.8. The number of benzene rings is 1. The van der Waals surface area contributed by atoms with Gasteiger partial charge in [0.25, 0.3) is 5.56 Å². The summed E-state index contributed by atoms with van der Waals surface area (Å²) in [4.78, 5) is 61.2. The van der Waals surface area contributed by atoms with Gasteiger partial charge in [-0.3, -0.25) is 14.4 Å². The Labute approximate surface area is 249 Å². The van der Waals surface area contributed by atoms with Crippen LogP contribution in [0.2, 0.25) is 0 Å². The molecule has 0 spiro atoms. The van der Waals surface area contributed by atoms with Crippen molar-refractivity contribution in [2.45, 2.75) is 111 Å². The maximum absolute atomic E-state index is 13.7. The van der Waals surface area contributed by atoms with Gasteiger partial charge in [-0.25, -0.2) is 9.78 Å². The highest BCUT2D eigenvalue weighted by Gasteiger charge is 2.54. The minimum atomic E-state index is -0.801. The first-order valence-electron chi connectivity index (χ1n) is 15.5. The van der Waals surface area contributed by atoms with Crippen LogP contribution in [0.3, 0.4) is 0 Å². The molecular weight excluding hydrogens is 532 g/mol. The number of amides is 2. The number of hydrogen-bond donors (Lipinski definition) is 2. The zero-order valence-electron chi connectivity index (χ0n) is 26.3. The van der Waals surface area contributed by atoms with Gasteiger partial charge in [0, 0.05) is 18.4 Å². The van der Waals surface area contributed by atoms with Crippen molar-refractivity contribution in [1.29, 1.82) is 0 Å². The molecule has 4 rings (SSSR count). The summed E-state index contributed by atoms with van der Waals surface area (Å²) in [5.41, 5.74) is 0.875. The van der Waals surface area contributed by atoms with E-state index in [9.17, 15) is 19.2 Å². The summed E-state index contributed by atoms with van der Waals surface area (Å²) in [5, 5.41) is 2.86. The summed E-state index contributed by atoms with van der Waals surface area (Å²) in [6.07, 6.45) is 5.31. The van der Waals surface area contributed by atoms with Crippen LogP contribution in [0.25, 0.3) is 11.0 Å². The molecule has 1 aromatic carbocycles. The Morgan fingerprint density at radius 3 is 2.57 bits per heavy atom. The fourth-order valence-corrected chi connectivity index (χ4v) is 6.20. The molecule has 2 fully saturated rings. The molecule has 9 heteroatoms. The standard InChI is InChI=1S/C33H48N4O5/c1-20(2)27(38)26-21(3)17-18-37(26)30(40)28(32(4,5)6)36-31(41)42-33(7)19-22(33)13-9-8-10-16-25-29(39)35-24-15-12-11-14-23(24)34-25/h11-12,14-15,20-22,26,28H,8-10,13,16-19H2,1-7H3,(H,35,39)(H,36,41). The van der Waals surface area contributed by atoms with E-state index in [1.807, 2.05) is 72.7 Å². The molecule has 2 aliphatic rings. The highest BCUT2D eigenvalue weighted by Crippen LogP contribution is 2.49. The van der Waals surface area contributed by atoms with E-state index in [1.54, 1.807) is 4.90 Å². The molecule has 0 bridgehead atoms. The molecule has 1 saturated heterocycles. The predicted molar refractivity (Wildman–Crippen MR) is 163 cm³/mol. The number of aromatic amines is 1. The number of Topliss-reactive ketones (excluding diaryl/α,β-unsaturated/α-hetero) is 1. The summed E-state index contributed by atoms with van der Waals surface area (Å²) in [6, 6.07) is 6.28. The number of aryl methyl sites for hydroxylation is 1. The third kappa shape index (κ3) is 7.21. The molecule has 2 N–H and O–H groups in total. The van der Waals surface area contributed by atoms with Gasteiger partial charge >= 0.3 is 6.09 Å². The number of ether oxygens (including phenoxy) is 1. The number of carbonyl (C=O) groups excluding carboxylic acids is 3. The molecule has 2 heterocycles. The monoisotopic (exact) mass is 580 g/mol. The predicted octanol–water partition coefficient (Wildman–Crippen LogP) is 5.41. The van der Waals surface area contributed by atoms with Crippen molar-refractivity contribution >= 4 is 28.8 Å². The molecule has 5 atom stereocenters. The minimum Gasteiger partial charge on any atom is -0.443 e. The number of para-hydroxylation sites is 2. The van der Waals surface area contributed by atoms with Crippen molar-refractivity contribution in [3.63, 3.8) is 0 Å². The molecule has 9 nitrogen and oxygen atoms in total. The third-order valence-electron chi connectivity index (χ3n) is 9.04. The molecule has 42 heavy (non-hydrogen) atoms. The van der Waals surface area contributed by atoms with E-state index in [4.69, 9.17) is 4.74 Å². The number of rotatable bonds is 11. The van der Waals surface area contributed by atoms with Gasteiger partial charge in [-0.15, -0.1) is 0 Å². The first kappa shape index (κ1) is 31.7. The van der Waals surface area contributed by atoms with Crippen LogP contribution in [0.5, 0.6) is 0 Å². The topological polar surface area (TPSA) is 121 Å². The van der Waals surface area contributed by atoms with Gasteiger partial charge in [0.05, 0.1) is 17.1 Å². The fraction of sp³-hybridized carbons (Fsp3) is 0.667. The van der Waals surface area contributed by atoms with Crippen LogP contribution in [-0.2, 0) is 20.7 Å². The maximum Gasteiger partial charge on any atom is 0.408 e. The molecule has 1 aromatic heterocycles. The Balaban J connectivity index is 1.25. The summed E-state index contributed by atoms with van der Waals surface area (Å²) >= 11 is 0. The number of aromatic nitrogens is 2. The lowest BCUT2D eigenvalue weighted by atomic mass is 9.85. The summed E-state index contributed by atoms with van der Waals surface area (Å²) in [5.74, 6) is 0.0349. The van der Waals surface area contributed by atoms with Crippen molar-refractivity contribution in [2.24, 2.45) is 23.2 Å². The van der Waals surface area contributed by atoms with Crippen LogP contribution in [0.4, 0.5) is 4.79 Å². The second kappa shape index (κ2) is 12.6. The van der Waals surface area contributed by atoms with Gasteiger partial charge in [-0.05, 0) is 62.5 Å². The maximum atomic E-state index is 13.7. The Bertz CT molecular complexity index is 1360. The van der Waals surface area contributed by atoms with Crippen LogP contribution in [0.1, 0.15) is 92.7 Å². The normalized spacial score (nSPS) is 24.6. The number of nitrogens with one attached hydrogen (secondary N) is 2. The van der Waals surface area contributed by atoms with Crippen molar-refractivity contribution in [3.05, 3.63) is 40.3 Å². The van der Waals surface area contributed by atoms with Gasteiger partial charge in [0.15, 0.2) is 5.78 Å². The molecular formula is C33H48N4O5. The van der Waals surface area contributed by atoms with E-state index in [-0.39, 0.29) is 35.0 Å².